The molecule has 0 N–H and O–H groups in total. The van der Waals surface area contributed by atoms with Crippen LogP contribution in [0.15, 0.2) is 0 Å². The highest BCUT2D eigenvalue weighted by Crippen LogP contribution is 2.16. The summed E-state index contributed by atoms with van der Waals surface area (Å²) in [6.45, 7) is 15.0. The number of rotatable bonds is 12. The minimum atomic E-state index is 1.35. The molecule has 118 valence electrons. The number of unbranched alkanes of at least 4 members (excludes halogenated alkanes) is 4. The van der Waals surface area contributed by atoms with Crippen LogP contribution < -0.4 is 0 Å². The summed E-state index contributed by atoms with van der Waals surface area (Å²) in [4.78, 5) is 0. The second-order valence-electron chi connectivity index (χ2n) is 5.87. The van der Waals surface area contributed by atoms with Gasteiger partial charge in [-0.15, -0.1) is 0 Å². The van der Waals surface area contributed by atoms with E-state index in [4.69, 9.17) is 5.26 Å². The number of hydrogen-bond donors (Lipinski definition) is 0. The van der Waals surface area contributed by atoms with Gasteiger partial charge in [-0.25, -0.2) is 5.26 Å². The lowest BCUT2D eigenvalue weighted by Gasteiger charge is -2.39. The van der Waals surface area contributed by atoms with E-state index in [0.29, 0.717) is 0 Å². The molecule has 0 spiro atoms. The maximum Gasteiger partial charge on any atom is 0.232 e. The van der Waals surface area contributed by atoms with E-state index in [1.54, 1.807) is 5.97 Å². The van der Waals surface area contributed by atoms with Crippen molar-refractivity contribution in [2.45, 2.75) is 79.1 Å². The second-order valence-corrected chi connectivity index (χ2v) is 5.87. The zero-order valence-electron chi connectivity index (χ0n) is 14.9. The van der Waals surface area contributed by atoms with Gasteiger partial charge in [-0.2, -0.15) is 0 Å². The lowest BCUT2D eigenvalue weighted by molar-refractivity contribution is -0.929. The lowest BCUT2D eigenvalue weighted by atomic mass is 10.1. The van der Waals surface area contributed by atoms with Crippen LogP contribution in [0.25, 0.3) is 0 Å². The van der Waals surface area contributed by atoms with Crippen LogP contribution in [-0.4, -0.2) is 38.5 Å². The summed E-state index contributed by atoms with van der Waals surface area (Å²) in [6.07, 6.45) is 11.1. The highest BCUT2D eigenvalue weighted by atomic mass is 15.3. The molecule has 2 nitrogen and oxygen atoms in total. The molecule has 0 aromatic rings. The molecule has 0 atom stereocenters. The van der Waals surface area contributed by atoms with Crippen LogP contribution in [0.1, 0.15) is 79.1 Å². The normalized spacial score (nSPS) is 10.6. The zero-order chi connectivity index (χ0) is 15.7. The maximum absolute atomic E-state index is 7.32. The van der Waals surface area contributed by atoms with Crippen molar-refractivity contribution < 1.29 is 4.48 Å². The SMILES string of the molecule is BC#N.CCCC[N+](CCCC)(CCCC)CCCC. The molecule has 0 fully saturated rings. The first-order valence-electron chi connectivity index (χ1n) is 8.82. The van der Waals surface area contributed by atoms with Crippen LogP contribution in [0.3, 0.4) is 0 Å². The lowest BCUT2D eigenvalue weighted by Crippen LogP contribution is -2.50. The predicted octanol–water partition coefficient (Wildman–Crippen LogP) is 4.10. The van der Waals surface area contributed by atoms with E-state index in [9.17, 15) is 0 Å². The third-order valence-corrected chi connectivity index (χ3v) is 3.94. The van der Waals surface area contributed by atoms with Crippen LogP contribution >= 0.6 is 0 Å². The van der Waals surface area contributed by atoms with E-state index < -0.39 is 0 Å². The molecule has 0 heterocycles. The summed E-state index contributed by atoms with van der Waals surface area (Å²) in [7, 11) is 1.43. The Hall–Kier alpha value is -0.485. The van der Waals surface area contributed by atoms with Crippen molar-refractivity contribution in [3.05, 3.63) is 0 Å². The minimum Gasteiger partial charge on any atom is -0.324 e. The smallest absolute Gasteiger partial charge is 0.232 e. The average molecular weight is 281 g/mol. The van der Waals surface area contributed by atoms with Gasteiger partial charge in [0.05, 0.1) is 26.2 Å². The third kappa shape index (κ3) is 12.5. The van der Waals surface area contributed by atoms with E-state index in [-0.39, 0.29) is 0 Å². The summed E-state index contributed by atoms with van der Waals surface area (Å²) in [5.41, 5.74) is 0. The van der Waals surface area contributed by atoms with Crippen LogP contribution in [0.4, 0.5) is 0 Å². The topological polar surface area (TPSA) is 23.8 Å². The number of quaternary nitrogens is 1. The Balaban J connectivity index is 0. The average Bonchev–Trinajstić information content (AvgIpc) is 2.46. The first-order valence-corrected chi connectivity index (χ1v) is 8.82. The molecule has 0 aliphatic carbocycles. The fourth-order valence-corrected chi connectivity index (χ4v) is 2.64. The molecule has 0 amide bonds. The van der Waals surface area contributed by atoms with Crippen molar-refractivity contribution in [1.29, 1.82) is 5.26 Å². The predicted molar refractivity (Wildman–Crippen MR) is 93.5 cm³/mol. The summed E-state index contributed by atoms with van der Waals surface area (Å²) >= 11 is 0. The Bertz CT molecular complexity index is 186. The molecule has 20 heavy (non-hydrogen) atoms. The molecule has 0 aromatic heterocycles. The first kappa shape index (κ1) is 21.8. The molecule has 0 rings (SSSR count). The second kappa shape index (κ2) is 16.6. The van der Waals surface area contributed by atoms with Gasteiger partial charge in [0.25, 0.3) is 0 Å². The number of nitrogens with zero attached hydrogens (tertiary/aromatic N) is 2. The van der Waals surface area contributed by atoms with Gasteiger partial charge in [0.15, 0.2) is 0 Å². The summed E-state index contributed by atoms with van der Waals surface area (Å²) < 4.78 is 1.42. The van der Waals surface area contributed by atoms with Gasteiger partial charge < -0.3 is 4.48 Å². The van der Waals surface area contributed by atoms with Crippen LogP contribution in [0, 0.1) is 11.2 Å². The fourth-order valence-electron chi connectivity index (χ4n) is 2.64. The minimum absolute atomic E-state index is 1.35. The maximum atomic E-state index is 7.32. The van der Waals surface area contributed by atoms with Gasteiger partial charge in [0.2, 0.25) is 7.85 Å². The number of hydrogen-bond acceptors (Lipinski definition) is 1. The van der Waals surface area contributed by atoms with Gasteiger partial charge in [0.1, 0.15) is 0 Å². The van der Waals surface area contributed by atoms with Crippen molar-refractivity contribution in [2.24, 2.45) is 0 Å². The highest BCUT2D eigenvalue weighted by molar-refractivity contribution is 6.20. The molecule has 0 saturated carbocycles. The van der Waals surface area contributed by atoms with E-state index >= 15 is 0 Å². The molecule has 0 saturated heterocycles. The quantitative estimate of drug-likeness (QED) is 0.390. The third-order valence-electron chi connectivity index (χ3n) is 3.94. The van der Waals surface area contributed by atoms with E-state index in [1.807, 2.05) is 0 Å². The highest BCUT2D eigenvalue weighted by Gasteiger charge is 2.24. The fraction of sp³-hybridized carbons (Fsp3) is 0.941. The Morgan fingerprint density at radius 2 is 0.900 bits per heavy atom. The van der Waals surface area contributed by atoms with Gasteiger partial charge in [0, 0.05) is 0 Å². The Morgan fingerprint density at radius 1 is 0.700 bits per heavy atom. The molecule has 3 heteroatoms. The van der Waals surface area contributed by atoms with E-state index in [1.165, 1.54) is 89.9 Å². The van der Waals surface area contributed by atoms with Gasteiger partial charge in [-0.3, -0.25) is 0 Å². The molecule has 0 radical (unpaired) electrons. The summed E-state index contributed by atoms with van der Waals surface area (Å²) in [5, 5.41) is 7.32. The van der Waals surface area contributed by atoms with Crippen molar-refractivity contribution >= 4 is 7.85 Å². The first-order chi connectivity index (χ1) is 9.66. The Labute approximate surface area is 129 Å². The van der Waals surface area contributed by atoms with E-state index in [2.05, 4.69) is 27.7 Å². The van der Waals surface area contributed by atoms with Gasteiger partial charge in [-0.05, 0) is 31.7 Å². The van der Waals surface area contributed by atoms with Crippen molar-refractivity contribution in [1.82, 2.24) is 0 Å². The van der Waals surface area contributed by atoms with Crippen LogP contribution in [-0.2, 0) is 0 Å². The molecule has 0 unspecified atom stereocenters. The molecular weight excluding hydrogens is 243 g/mol. The van der Waals surface area contributed by atoms with Crippen molar-refractivity contribution in [3.8, 4) is 5.97 Å². The van der Waals surface area contributed by atoms with Crippen molar-refractivity contribution in [3.63, 3.8) is 0 Å². The molecule has 0 aliphatic heterocycles. The van der Waals surface area contributed by atoms with Gasteiger partial charge >= 0.3 is 0 Å². The molecule has 0 bridgehead atoms. The van der Waals surface area contributed by atoms with E-state index in [0.717, 1.165) is 0 Å². The molecule has 0 aromatic carbocycles. The van der Waals surface area contributed by atoms with Crippen LogP contribution in [0.5, 0.6) is 0 Å². The summed E-state index contributed by atoms with van der Waals surface area (Å²) in [5.74, 6) is 1.75. The Morgan fingerprint density at radius 3 is 1.05 bits per heavy atom. The molecular formula is C17H38BN2+. The monoisotopic (exact) mass is 281 g/mol. The summed E-state index contributed by atoms with van der Waals surface area (Å²) in [6, 6.07) is 0. The standard InChI is InChI=1S/C16H36N.CH2BN/c1-5-9-13-17(14-10-6-2,15-11-7-3)16-12-8-4;2-1-3/h5-16H2,1-4H3;2H2/q+1;. The molecule has 0 aliphatic rings. The van der Waals surface area contributed by atoms with Crippen LogP contribution in [0.2, 0.25) is 0 Å². The zero-order valence-corrected chi connectivity index (χ0v) is 14.9. The van der Waals surface area contributed by atoms with Crippen molar-refractivity contribution in [2.75, 3.05) is 26.2 Å². The largest absolute Gasteiger partial charge is 0.324 e. The number of nitriles is 1. The Kier molecular flexibility index (Phi) is 18.1. The van der Waals surface area contributed by atoms with Gasteiger partial charge in [-0.1, -0.05) is 53.4 Å².